The standard InChI is InChI=1S/C14H18N2O5/c17-14(18)9-13-10-21-8-7-15(13)6-5-11-1-3-12(4-2-11)16(19)20/h1-4,13H,5-10H2,(H,17,18). The lowest BCUT2D eigenvalue weighted by molar-refractivity contribution is -0.384. The molecule has 0 aromatic heterocycles. The number of carbonyl (C=O) groups is 1. The molecule has 21 heavy (non-hydrogen) atoms. The van der Waals surface area contributed by atoms with Crippen LogP contribution in [0.4, 0.5) is 5.69 Å². The maximum atomic E-state index is 10.8. The van der Waals surface area contributed by atoms with Crippen molar-refractivity contribution in [2.75, 3.05) is 26.3 Å². The SMILES string of the molecule is O=C(O)CC1COCCN1CCc1ccc([N+](=O)[O-])cc1. The second-order valence-corrected chi connectivity index (χ2v) is 5.04. The summed E-state index contributed by atoms with van der Waals surface area (Å²) in [6, 6.07) is 6.36. The fourth-order valence-electron chi connectivity index (χ4n) is 2.43. The van der Waals surface area contributed by atoms with Gasteiger partial charge in [0.1, 0.15) is 0 Å². The molecule has 0 saturated carbocycles. The van der Waals surface area contributed by atoms with Crippen molar-refractivity contribution in [3.05, 3.63) is 39.9 Å². The van der Waals surface area contributed by atoms with Gasteiger partial charge in [-0.3, -0.25) is 19.8 Å². The summed E-state index contributed by atoms with van der Waals surface area (Å²) in [6.07, 6.45) is 0.800. The minimum atomic E-state index is -0.828. The third-order valence-corrected chi connectivity index (χ3v) is 3.59. The van der Waals surface area contributed by atoms with E-state index >= 15 is 0 Å². The summed E-state index contributed by atoms with van der Waals surface area (Å²) in [6.45, 7) is 2.48. The summed E-state index contributed by atoms with van der Waals surface area (Å²) >= 11 is 0. The number of carboxylic acids is 1. The highest BCUT2D eigenvalue weighted by Crippen LogP contribution is 2.15. The molecule has 0 aliphatic carbocycles. The van der Waals surface area contributed by atoms with E-state index in [1.54, 1.807) is 12.1 Å². The molecule has 1 saturated heterocycles. The quantitative estimate of drug-likeness (QED) is 0.628. The monoisotopic (exact) mass is 294 g/mol. The predicted molar refractivity (Wildman–Crippen MR) is 75.2 cm³/mol. The summed E-state index contributed by atoms with van der Waals surface area (Å²) in [5.74, 6) is -0.828. The van der Waals surface area contributed by atoms with Crippen LogP contribution < -0.4 is 0 Å². The number of nitrogens with zero attached hydrogens (tertiary/aromatic N) is 2. The molecule has 2 rings (SSSR count). The van der Waals surface area contributed by atoms with E-state index in [4.69, 9.17) is 9.84 Å². The average molecular weight is 294 g/mol. The zero-order valence-electron chi connectivity index (χ0n) is 11.6. The van der Waals surface area contributed by atoms with Gasteiger partial charge in [0.15, 0.2) is 0 Å². The highest BCUT2D eigenvalue weighted by molar-refractivity contribution is 5.67. The lowest BCUT2D eigenvalue weighted by atomic mass is 10.1. The number of hydrogen-bond donors (Lipinski definition) is 1. The van der Waals surface area contributed by atoms with E-state index in [2.05, 4.69) is 4.90 Å². The van der Waals surface area contributed by atoms with Gasteiger partial charge in [-0.05, 0) is 12.0 Å². The molecule has 1 atom stereocenters. The molecule has 1 unspecified atom stereocenters. The first-order valence-electron chi connectivity index (χ1n) is 6.83. The largest absolute Gasteiger partial charge is 0.481 e. The van der Waals surface area contributed by atoms with Crippen molar-refractivity contribution in [1.82, 2.24) is 4.90 Å². The van der Waals surface area contributed by atoms with Crippen LogP contribution in [-0.2, 0) is 16.0 Å². The third-order valence-electron chi connectivity index (χ3n) is 3.59. The molecular weight excluding hydrogens is 276 g/mol. The maximum Gasteiger partial charge on any atom is 0.305 e. The molecule has 7 nitrogen and oxygen atoms in total. The number of nitro groups is 1. The molecule has 7 heteroatoms. The number of rotatable bonds is 6. The Morgan fingerprint density at radius 3 is 2.76 bits per heavy atom. The Kier molecular flexibility index (Phi) is 5.24. The van der Waals surface area contributed by atoms with Gasteiger partial charge in [0.05, 0.1) is 24.6 Å². The van der Waals surface area contributed by atoms with Gasteiger partial charge in [-0.2, -0.15) is 0 Å². The summed E-state index contributed by atoms with van der Waals surface area (Å²) in [5.41, 5.74) is 1.08. The van der Waals surface area contributed by atoms with Crippen molar-refractivity contribution >= 4 is 11.7 Å². The van der Waals surface area contributed by atoms with Crippen molar-refractivity contribution in [2.45, 2.75) is 18.9 Å². The molecular formula is C14H18N2O5. The number of hydrogen-bond acceptors (Lipinski definition) is 5. The summed E-state index contributed by atoms with van der Waals surface area (Å²) in [5, 5.41) is 19.5. The third kappa shape index (κ3) is 4.51. The van der Waals surface area contributed by atoms with Crippen LogP contribution in [0.15, 0.2) is 24.3 Å². The lowest BCUT2D eigenvalue weighted by Crippen LogP contribution is -2.47. The number of non-ortho nitro benzene ring substituents is 1. The van der Waals surface area contributed by atoms with Gasteiger partial charge in [-0.15, -0.1) is 0 Å². The van der Waals surface area contributed by atoms with Gasteiger partial charge in [-0.25, -0.2) is 0 Å². The number of aliphatic carboxylic acids is 1. The Morgan fingerprint density at radius 2 is 2.14 bits per heavy atom. The number of ether oxygens (including phenoxy) is 1. The van der Waals surface area contributed by atoms with Crippen LogP contribution in [-0.4, -0.2) is 53.2 Å². The molecule has 1 N–H and O–H groups in total. The van der Waals surface area contributed by atoms with E-state index in [-0.39, 0.29) is 18.2 Å². The Bertz CT molecular complexity index is 503. The predicted octanol–water partition coefficient (Wildman–Crippen LogP) is 1.31. The van der Waals surface area contributed by atoms with E-state index in [9.17, 15) is 14.9 Å². The van der Waals surface area contributed by atoms with Crippen molar-refractivity contribution in [3.63, 3.8) is 0 Å². The molecule has 1 aromatic carbocycles. The van der Waals surface area contributed by atoms with E-state index in [1.807, 2.05) is 0 Å². The van der Waals surface area contributed by atoms with Crippen molar-refractivity contribution in [2.24, 2.45) is 0 Å². The van der Waals surface area contributed by atoms with Crippen LogP contribution >= 0.6 is 0 Å². The molecule has 0 amide bonds. The first-order chi connectivity index (χ1) is 10.1. The zero-order chi connectivity index (χ0) is 15.2. The van der Waals surface area contributed by atoms with E-state index < -0.39 is 10.9 Å². The molecule has 0 spiro atoms. The molecule has 114 valence electrons. The highest BCUT2D eigenvalue weighted by atomic mass is 16.6. The van der Waals surface area contributed by atoms with Gasteiger partial charge in [-0.1, -0.05) is 12.1 Å². The fraction of sp³-hybridized carbons (Fsp3) is 0.500. The van der Waals surface area contributed by atoms with Crippen LogP contribution in [0.5, 0.6) is 0 Å². The first kappa shape index (κ1) is 15.4. The highest BCUT2D eigenvalue weighted by Gasteiger charge is 2.24. The summed E-state index contributed by atoms with van der Waals surface area (Å²) in [4.78, 5) is 23.1. The normalized spacial score (nSPS) is 19.3. The van der Waals surface area contributed by atoms with E-state index in [1.165, 1.54) is 12.1 Å². The topological polar surface area (TPSA) is 92.9 Å². The van der Waals surface area contributed by atoms with Crippen LogP contribution in [0.3, 0.4) is 0 Å². The maximum absolute atomic E-state index is 10.8. The van der Waals surface area contributed by atoms with Gasteiger partial charge < -0.3 is 9.84 Å². The van der Waals surface area contributed by atoms with Gasteiger partial charge in [0.2, 0.25) is 0 Å². The van der Waals surface area contributed by atoms with Gasteiger partial charge in [0.25, 0.3) is 5.69 Å². The Labute approximate surface area is 122 Å². The van der Waals surface area contributed by atoms with E-state index in [0.29, 0.717) is 19.8 Å². The molecule has 0 radical (unpaired) electrons. The number of benzene rings is 1. The van der Waals surface area contributed by atoms with Crippen molar-refractivity contribution in [3.8, 4) is 0 Å². The Balaban J connectivity index is 1.90. The van der Waals surface area contributed by atoms with Gasteiger partial charge in [0, 0.05) is 31.3 Å². The van der Waals surface area contributed by atoms with Crippen LogP contribution in [0.25, 0.3) is 0 Å². The lowest BCUT2D eigenvalue weighted by Gasteiger charge is -2.34. The summed E-state index contributed by atoms with van der Waals surface area (Å²) in [7, 11) is 0. The first-order valence-corrected chi connectivity index (χ1v) is 6.83. The second-order valence-electron chi connectivity index (χ2n) is 5.04. The Hall–Kier alpha value is -1.99. The summed E-state index contributed by atoms with van der Waals surface area (Å²) < 4.78 is 5.33. The smallest absolute Gasteiger partial charge is 0.305 e. The van der Waals surface area contributed by atoms with Crippen LogP contribution in [0.2, 0.25) is 0 Å². The minimum absolute atomic E-state index is 0.0697. The molecule has 0 bridgehead atoms. The molecule has 1 aromatic rings. The minimum Gasteiger partial charge on any atom is -0.481 e. The Morgan fingerprint density at radius 1 is 1.43 bits per heavy atom. The average Bonchev–Trinajstić information content (AvgIpc) is 2.46. The fourth-order valence-corrected chi connectivity index (χ4v) is 2.43. The van der Waals surface area contributed by atoms with Crippen molar-refractivity contribution < 1.29 is 19.6 Å². The van der Waals surface area contributed by atoms with Crippen LogP contribution in [0, 0.1) is 10.1 Å². The van der Waals surface area contributed by atoms with Crippen LogP contribution in [0.1, 0.15) is 12.0 Å². The number of nitro benzene ring substituents is 1. The number of carboxylic acid groups (broad SMARTS) is 1. The molecule has 1 fully saturated rings. The van der Waals surface area contributed by atoms with Crippen molar-refractivity contribution in [1.29, 1.82) is 0 Å². The van der Waals surface area contributed by atoms with Gasteiger partial charge >= 0.3 is 5.97 Å². The molecule has 1 heterocycles. The second kappa shape index (κ2) is 7.14. The molecule has 1 aliphatic rings. The van der Waals surface area contributed by atoms with E-state index in [0.717, 1.165) is 18.5 Å². The molecule has 1 aliphatic heterocycles. The zero-order valence-corrected chi connectivity index (χ0v) is 11.6. The number of morpholine rings is 1.